The third-order valence-corrected chi connectivity index (χ3v) is 7.67. The number of carbonyl (C=O) groups is 1. The summed E-state index contributed by atoms with van der Waals surface area (Å²) in [4.78, 5) is 19.4. The number of fused-ring (bicyclic) bond motifs is 1. The summed E-state index contributed by atoms with van der Waals surface area (Å²) in [5.41, 5.74) is 1.53. The zero-order valence-corrected chi connectivity index (χ0v) is 18.6. The van der Waals surface area contributed by atoms with Crippen LogP contribution in [0.5, 0.6) is 0 Å². The van der Waals surface area contributed by atoms with Crippen molar-refractivity contribution in [2.45, 2.75) is 17.9 Å². The van der Waals surface area contributed by atoms with E-state index in [4.69, 9.17) is 11.6 Å². The van der Waals surface area contributed by atoms with Crippen molar-refractivity contribution in [1.82, 2.24) is 14.2 Å². The SMILES string of the molecule is CC(C(=O)Nc1cccc2ncccc12)N1CCN(S(=O)(=O)c2cccc(Cl)c2)CC1. The number of amides is 1. The summed E-state index contributed by atoms with van der Waals surface area (Å²) in [7, 11) is -3.61. The Hall–Kier alpha value is -2.52. The number of piperazine rings is 1. The highest BCUT2D eigenvalue weighted by Crippen LogP contribution is 2.23. The van der Waals surface area contributed by atoms with E-state index in [0.717, 1.165) is 10.9 Å². The number of nitrogens with one attached hydrogen (secondary N) is 1. The number of carbonyl (C=O) groups excluding carboxylic acids is 1. The molecular weight excluding hydrogens is 436 g/mol. The molecule has 0 bridgehead atoms. The van der Waals surface area contributed by atoms with Gasteiger partial charge in [-0.05, 0) is 49.4 Å². The van der Waals surface area contributed by atoms with E-state index in [1.165, 1.54) is 10.4 Å². The van der Waals surface area contributed by atoms with Crippen molar-refractivity contribution < 1.29 is 13.2 Å². The van der Waals surface area contributed by atoms with Crippen molar-refractivity contribution in [2.24, 2.45) is 0 Å². The number of halogens is 1. The first kappa shape index (κ1) is 21.7. The largest absolute Gasteiger partial charge is 0.324 e. The maximum absolute atomic E-state index is 12.9. The lowest BCUT2D eigenvalue weighted by molar-refractivity contribution is -0.121. The highest BCUT2D eigenvalue weighted by Gasteiger charge is 2.32. The Morgan fingerprint density at radius 1 is 1.06 bits per heavy atom. The van der Waals surface area contributed by atoms with Crippen LogP contribution in [0.2, 0.25) is 5.02 Å². The second-order valence-corrected chi connectivity index (χ2v) is 9.81. The van der Waals surface area contributed by atoms with E-state index in [9.17, 15) is 13.2 Å². The van der Waals surface area contributed by atoms with Gasteiger partial charge in [-0.15, -0.1) is 0 Å². The molecule has 1 atom stereocenters. The minimum atomic E-state index is -3.61. The van der Waals surface area contributed by atoms with Gasteiger partial charge in [-0.1, -0.05) is 23.7 Å². The van der Waals surface area contributed by atoms with Gasteiger partial charge in [0.05, 0.1) is 22.1 Å². The Bertz CT molecular complexity index is 1200. The number of hydrogen-bond donors (Lipinski definition) is 1. The fourth-order valence-electron chi connectivity index (χ4n) is 3.72. The topological polar surface area (TPSA) is 82.6 Å². The second-order valence-electron chi connectivity index (χ2n) is 7.44. The summed E-state index contributed by atoms with van der Waals surface area (Å²) in [6, 6.07) is 15.2. The van der Waals surface area contributed by atoms with Gasteiger partial charge in [0.1, 0.15) is 0 Å². The van der Waals surface area contributed by atoms with Crippen LogP contribution in [0.25, 0.3) is 10.9 Å². The van der Waals surface area contributed by atoms with Gasteiger partial charge in [-0.2, -0.15) is 4.31 Å². The Labute approximate surface area is 186 Å². The number of aromatic nitrogens is 1. The van der Waals surface area contributed by atoms with Crippen LogP contribution in [0.4, 0.5) is 5.69 Å². The van der Waals surface area contributed by atoms with Gasteiger partial charge in [0.25, 0.3) is 0 Å². The number of benzene rings is 2. The highest BCUT2D eigenvalue weighted by atomic mass is 35.5. The molecular formula is C22H23ClN4O3S. The van der Waals surface area contributed by atoms with Gasteiger partial charge in [-0.3, -0.25) is 14.7 Å². The molecule has 2 aromatic carbocycles. The lowest BCUT2D eigenvalue weighted by Crippen LogP contribution is -2.53. The van der Waals surface area contributed by atoms with Crippen molar-refractivity contribution >= 4 is 44.1 Å². The fraction of sp³-hybridized carbons (Fsp3) is 0.273. The van der Waals surface area contributed by atoms with E-state index < -0.39 is 16.1 Å². The highest BCUT2D eigenvalue weighted by molar-refractivity contribution is 7.89. The van der Waals surface area contributed by atoms with Crippen LogP contribution >= 0.6 is 11.6 Å². The van der Waals surface area contributed by atoms with Crippen molar-refractivity contribution in [3.63, 3.8) is 0 Å². The number of anilines is 1. The van der Waals surface area contributed by atoms with Crippen molar-refractivity contribution in [2.75, 3.05) is 31.5 Å². The second kappa shape index (κ2) is 8.92. The van der Waals surface area contributed by atoms with Crippen molar-refractivity contribution in [3.8, 4) is 0 Å². The van der Waals surface area contributed by atoms with Gasteiger partial charge in [0, 0.05) is 42.8 Å². The number of rotatable bonds is 5. The molecule has 1 amide bonds. The zero-order valence-electron chi connectivity index (χ0n) is 17.0. The molecule has 1 unspecified atom stereocenters. The minimum absolute atomic E-state index is 0.137. The molecule has 0 saturated carbocycles. The van der Waals surface area contributed by atoms with Crippen LogP contribution in [-0.2, 0) is 14.8 Å². The molecule has 162 valence electrons. The average Bonchev–Trinajstić information content (AvgIpc) is 2.79. The predicted octanol–water partition coefficient (Wildman–Crippen LogP) is 3.22. The zero-order chi connectivity index (χ0) is 22.0. The third-order valence-electron chi connectivity index (χ3n) is 5.54. The molecule has 9 heteroatoms. The predicted molar refractivity (Wildman–Crippen MR) is 122 cm³/mol. The molecule has 1 saturated heterocycles. The molecule has 3 aromatic rings. The molecule has 0 spiro atoms. The summed E-state index contributed by atoms with van der Waals surface area (Å²) in [5, 5.41) is 4.25. The van der Waals surface area contributed by atoms with Crippen LogP contribution in [0.3, 0.4) is 0 Å². The molecule has 1 fully saturated rings. The Kier molecular flexibility index (Phi) is 6.24. The van der Waals surface area contributed by atoms with Gasteiger partial charge in [0.15, 0.2) is 0 Å². The Balaban J connectivity index is 1.41. The Morgan fingerprint density at radius 2 is 1.81 bits per heavy atom. The molecule has 1 aliphatic heterocycles. The number of nitrogens with zero attached hydrogens (tertiary/aromatic N) is 3. The molecule has 1 aromatic heterocycles. The first-order chi connectivity index (χ1) is 14.9. The summed E-state index contributed by atoms with van der Waals surface area (Å²) in [5.74, 6) is -0.137. The lowest BCUT2D eigenvalue weighted by Gasteiger charge is -2.36. The van der Waals surface area contributed by atoms with Gasteiger partial charge < -0.3 is 5.32 Å². The number of hydrogen-bond acceptors (Lipinski definition) is 5. The Morgan fingerprint density at radius 3 is 2.55 bits per heavy atom. The van der Waals surface area contributed by atoms with E-state index in [1.807, 2.05) is 42.2 Å². The van der Waals surface area contributed by atoms with Crippen LogP contribution in [0.1, 0.15) is 6.92 Å². The quantitative estimate of drug-likeness (QED) is 0.634. The van der Waals surface area contributed by atoms with E-state index in [-0.39, 0.29) is 10.8 Å². The van der Waals surface area contributed by atoms with Crippen LogP contribution < -0.4 is 5.32 Å². The lowest BCUT2D eigenvalue weighted by atomic mass is 10.1. The van der Waals surface area contributed by atoms with E-state index in [2.05, 4.69) is 10.3 Å². The molecule has 1 N–H and O–H groups in total. The number of sulfonamides is 1. The number of pyridine rings is 1. The van der Waals surface area contributed by atoms with Crippen molar-refractivity contribution in [3.05, 3.63) is 65.8 Å². The maximum atomic E-state index is 12.9. The average molecular weight is 459 g/mol. The molecule has 7 nitrogen and oxygen atoms in total. The maximum Gasteiger partial charge on any atom is 0.243 e. The van der Waals surface area contributed by atoms with Gasteiger partial charge >= 0.3 is 0 Å². The smallest absolute Gasteiger partial charge is 0.243 e. The van der Waals surface area contributed by atoms with Gasteiger partial charge in [-0.25, -0.2) is 8.42 Å². The molecule has 31 heavy (non-hydrogen) atoms. The normalized spacial score (nSPS) is 16.8. The summed E-state index contributed by atoms with van der Waals surface area (Å²) < 4.78 is 27.2. The first-order valence-corrected chi connectivity index (χ1v) is 11.8. The molecule has 0 radical (unpaired) electrons. The molecule has 2 heterocycles. The summed E-state index contributed by atoms with van der Waals surface area (Å²) in [6.07, 6.45) is 1.72. The van der Waals surface area contributed by atoms with Gasteiger partial charge in [0.2, 0.25) is 15.9 Å². The van der Waals surface area contributed by atoms with Crippen molar-refractivity contribution in [1.29, 1.82) is 0 Å². The summed E-state index contributed by atoms with van der Waals surface area (Å²) in [6.45, 7) is 3.38. The molecule has 1 aliphatic rings. The minimum Gasteiger partial charge on any atom is -0.324 e. The van der Waals surface area contributed by atoms with Crippen LogP contribution in [0.15, 0.2) is 65.7 Å². The third kappa shape index (κ3) is 4.57. The summed E-state index contributed by atoms with van der Waals surface area (Å²) >= 11 is 5.95. The van der Waals surface area contributed by atoms with Crippen LogP contribution in [-0.4, -0.2) is 60.7 Å². The fourth-order valence-corrected chi connectivity index (χ4v) is 5.45. The first-order valence-electron chi connectivity index (χ1n) is 10.0. The van der Waals surface area contributed by atoms with Crippen LogP contribution in [0, 0.1) is 0 Å². The standard InChI is InChI=1S/C22H23ClN4O3S/c1-16(22(28)25-21-9-3-8-20-19(21)7-4-10-24-20)26-11-13-27(14-12-26)31(29,30)18-6-2-5-17(23)15-18/h2-10,15-16H,11-14H2,1H3,(H,25,28). The molecule has 0 aliphatic carbocycles. The van der Waals surface area contributed by atoms with E-state index in [0.29, 0.717) is 36.9 Å². The molecule has 4 rings (SSSR count). The van der Waals surface area contributed by atoms with E-state index >= 15 is 0 Å². The van der Waals surface area contributed by atoms with E-state index in [1.54, 1.807) is 24.4 Å². The monoisotopic (exact) mass is 458 g/mol.